The topological polar surface area (TPSA) is 90.4 Å². The average molecular weight is 516 g/mol. The number of rotatable bonds is 10. The molecule has 2 aromatic rings. The summed E-state index contributed by atoms with van der Waals surface area (Å²) in [7, 11) is 0. The van der Waals surface area contributed by atoms with Crippen LogP contribution in [0.1, 0.15) is 66.8 Å². The second-order valence-electron chi connectivity index (χ2n) is 10.4. The van der Waals surface area contributed by atoms with Crippen LogP contribution >= 0.6 is 23.6 Å². The molecule has 5 rings (SSSR count). The molecule has 0 aliphatic heterocycles. The van der Waals surface area contributed by atoms with Gasteiger partial charge >= 0.3 is 0 Å². The van der Waals surface area contributed by atoms with Gasteiger partial charge in [-0.15, -0.1) is 11.3 Å². The van der Waals surface area contributed by atoms with E-state index in [-0.39, 0.29) is 11.8 Å². The van der Waals surface area contributed by atoms with Crippen molar-refractivity contribution < 1.29 is 9.90 Å². The molecule has 0 bridgehead atoms. The molecule has 2 unspecified atom stereocenters. The molecule has 35 heavy (non-hydrogen) atoms. The Morgan fingerprint density at radius 1 is 1.20 bits per heavy atom. The van der Waals surface area contributed by atoms with Crippen LogP contribution in [0.25, 0.3) is 0 Å². The molecule has 0 spiro atoms. The lowest BCUT2D eigenvalue weighted by molar-refractivity contribution is -0.117. The van der Waals surface area contributed by atoms with E-state index in [9.17, 15) is 9.90 Å². The van der Waals surface area contributed by atoms with Crippen molar-refractivity contribution >= 4 is 45.4 Å². The van der Waals surface area contributed by atoms with Crippen LogP contribution in [0.2, 0.25) is 0 Å². The molecule has 1 amide bonds. The second-order valence-corrected chi connectivity index (χ2v) is 11.9. The third-order valence-electron chi connectivity index (χ3n) is 7.33. The fourth-order valence-corrected chi connectivity index (χ4v) is 6.38. The first-order valence-electron chi connectivity index (χ1n) is 13.0. The summed E-state index contributed by atoms with van der Waals surface area (Å²) in [5.74, 6) is 2.33. The average Bonchev–Trinajstić information content (AvgIpc) is 3.76. The van der Waals surface area contributed by atoms with Gasteiger partial charge in [-0.1, -0.05) is 0 Å². The Balaban J connectivity index is 1.24. The maximum absolute atomic E-state index is 12.5. The van der Waals surface area contributed by atoms with E-state index < -0.39 is 6.23 Å². The van der Waals surface area contributed by atoms with E-state index in [0.29, 0.717) is 16.9 Å². The minimum absolute atomic E-state index is 0.0981. The summed E-state index contributed by atoms with van der Waals surface area (Å²) in [5.41, 5.74) is 3.31. The van der Waals surface area contributed by atoms with Crippen LogP contribution in [0.15, 0.2) is 12.3 Å². The number of carbonyl (C=O) groups excluding carboxylic acids is 1. The summed E-state index contributed by atoms with van der Waals surface area (Å²) in [6.07, 6.45) is 8.69. The van der Waals surface area contributed by atoms with Gasteiger partial charge in [0.1, 0.15) is 17.0 Å². The van der Waals surface area contributed by atoms with E-state index in [1.807, 2.05) is 0 Å². The van der Waals surface area contributed by atoms with E-state index in [2.05, 4.69) is 51.9 Å². The van der Waals surface area contributed by atoms with Gasteiger partial charge in [-0.2, -0.15) is 0 Å². The Bertz CT molecular complexity index is 1090. The zero-order valence-corrected chi connectivity index (χ0v) is 22.3. The molecule has 0 aromatic carbocycles. The number of anilines is 2. The number of aliphatic hydroxyl groups excluding tert-OH is 1. The largest absolute Gasteiger partial charge is 0.374 e. The maximum Gasteiger partial charge on any atom is 0.228 e. The molecule has 3 aliphatic carbocycles. The molecule has 5 N–H and O–H groups in total. The molecular formula is C26H37N5O2S2. The quantitative estimate of drug-likeness (QED) is 0.239. The van der Waals surface area contributed by atoms with Crippen LogP contribution in [0.5, 0.6) is 0 Å². The Kier molecular flexibility index (Phi) is 7.48. The van der Waals surface area contributed by atoms with Gasteiger partial charge in [0.05, 0.1) is 0 Å². The third kappa shape index (κ3) is 6.07. The van der Waals surface area contributed by atoms with E-state index in [1.54, 1.807) is 11.3 Å². The van der Waals surface area contributed by atoms with Gasteiger partial charge in [-0.05, 0) is 100 Å². The van der Waals surface area contributed by atoms with Gasteiger partial charge in [0.25, 0.3) is 0 Å². The first-order chi connectivity index (χ1) is 16.9. The Labute approximate surface area is 217 Å². The molecule has 2 heterocycles. The predicted octanol–water partition coefficient (Wildman–Crippen LogP) is 4.31. The molecule has 0 radical (unpaired) electrons. The summed E-state index contributed by atoms with van der Waals surface area (Å²) < 4.78 is 2.15. The highest BCUT2D eigenvalue weighted by molar-refractivity contribution is 7.80. The van der Waals surface area contributed by atoms with Gasteiger partial charge in [-0.3, -0.25) is 10.1 Å². The van der Waals surface area contributed by atoms with E-state index >= 15 is 0 Å². The van der Waals surface area contributed by atoms with Crippen molar-refractivity contribution in [2.45, 2.75) is 71.6 Å². The molecule has 2 atom stereocenters. The van der Waals surface area contributed by atoms with Gasteiger partial charge in [0, 0.05) is 42.2 Å². The first-order valence-corrected chi connectivity index (χ1v) is 14.2. The number of hydrogen-bond acceptors (Lipinski definition) is 5. The summed E-state index contributed by atoms with van der Waals surface area (Å²) in [4.78, 5) is 13.8. The number of nitrogens with zero attached hydrogens (tertiary/aromatic N) is 1. The highest BCUT2D eigenvalue weighted by Gasteiger charge is 2.34. The van der Waals surface area contributed by atoms with Crippen LogP contribution in [0.4, 0.5) is 10.8 Å². The molecule has 190 valence electrons. The Hall–Kier alpha value is -1.94. The van der Waals surface area contributed by atoms with Crippen LogP contribution in [0.3, 0.4) is 0 Å². The zero-order chi connectivity index (χ0) is 24.5. The highest BCUT2D eigenvalue weighted by atomic mass is 32.1. The Morgan fingerprint density at radius 3 is 2.71 bits per heavy atom. The van der Waals surface area contributed by atoms with Gasteiger partial charge in [0.15, 0.2) is 5.11 Å². The first kappa shape index (κ1) is 24.7. The predicted molar refractivity (Wildman–Crippen MR) is 146 cm³/mol. The van der Waals surface area contributed by atoms with Crippen molar-refractivity contribution in [2.75, 3.05) is 23.7 Å². The number of fused-ring (bicyclic) bond motifs is 1. The summed E-state index contributed by atoms with van der Waals surface area (Å²) in [5, 5.41) is 25.8. The fraction of sp³-hybridized carbons (Fsp3) is 0.615. The normalized spacial score (nSPS) is 20.3. The third-order valence-corrected chi connectivity index (χ3v) is 8.80. The van der Waals surface area contributed by atoms with Crippen molar-refractivity contribution in [3.05, 3.63) is 33.8 Å². The molecular weight excluding hydrogens is 478 g/mol. The Morgan fingerprint density at radius 2 is 2.00 bits per heavy atom. The van der Waals surface area contributed by atoms with Gasteiger partial charge < -0.3 is 25.6 Å². The number of carbonyl (C=O) groups is 1. The molecule has 0 saturated heterocycles. The fourth-order valence-electron chi connectivity index (χ4n) is 4.92. The molecule has 9 heteroatoms. The number of thiocarbonyl (C=S) groups is 1. The van der Waals surface area contributed by atoms with Crippen LogP contribution in [-0.4, -0.2) is 33.8 Å². The molecule has 2 fully saturated rings. The van der Waals surface area contributed by atoms with Crippen molar-refractivity contribution in [1.82, 2.24) is 15.2 Å². The van der Waals surface area contributed by atoms with Gasteiger partial charge in [-0.25, -0.2) is 0 Å². The van der Waals surface area contributed by atoms with E-state index in [4.69, 9.17) is 12.2 Å². The number of aryl methyl sites for hydroxylation is 3. The number of hydrogen-bond donors (Lipinski definition) is 5. The van der Waals surface area contributed by atoms with Crippen molar-refractivity contribution in [1.29, 1.82) is 0 Å². The minimum atomic E-state index is -0.746. The minimum Gasteiger partial charge on any atom is -0.374 e. The number of aliphatic hydroxyl groups is 1. The smallest absolute Gasteiger partial charge is 0.228 e. The van der Waals surface area contributed by atoms with Crippen LogP contribution in [0, 0.1) is 24.7 Å². The van der Waals surface area contributed by atoms with E-state index in [1.165, 1.54) is 28.8 Å². The van der Waals surface area contributed by atoms with E-state index in [0.717, 1.165) is 68.1 Å². The lowest BCUT2D eigenvalue weighted by Gasteiger charge is -2.25. The molecule has 3 aliphatic rings. The second kappa shape index (κ2) is 10.6. The molecule has 7 nitrogen and oxygen atoms in total. The SMILES string of the molecule is CCn1cc(C)cc1NC(=S)NCC1CCc2sc(NC(=O)C3CC3)c(C(O)NCC3CC3)c2C1. The number of aromatic nitrogens is 1. The van der Waals surface area contributed by atoms with Crippen molar-refractivity contribution in [3.63, 3.8) is 0 Å². The summed E-state index contributed by atoms with van der Waals surface area (Å²) in [6, 6.07) is 2.11. The maximum atomic E-state index is 12.5. The van der Waals surface area contributed by atoms with Gasteiger partial charge in [0.2, 0.25) is 5.91 Å². The standard InChI is InChI=1S/C26H37N5O2S2/c1-3-31-14-15(2)10-21(31)29-26(34)28-13-17-6-9-20-19(11-17)22(24(33)27-12-16-4-5-16)25(35-20)30-23(32)18-7-8-18/h10,14,16-18,24,27,33H,3-9,11-13H2,1-2H3,(H,30,32)(H2,28,29,34). The zero-order valence-electron chi connectivity index (χ0n) is 20.7. The van der Waals surface area contributed by atoms with Crippen LogP contribution in [-0.2, 0) is 24.2 Å². The van der Waals surface area contributed by atoms with Crippen molar-refractivity contribution in [3.8, 4) is 0 Å². The lowest BCUT2D eigenvalue weighted by atomic mass is 9.86. The summed E-state index contributed by atoms with van der Waals surface area (Å²) >= 11 is 7.24. The number of thiophene rings is 1. The monoisotopic (exact) mass is 515 g/mol. The number of amides is 1. The van der Waals surface area contributed by atoms with Crippen LogP contribution < -0.4 is 21.3 Å². The summed E-state index contributed by atoms with van der Waals surface area (Å²) in [6.45, 7) is 6.70. The molecule has 2 saturated carbocycles. The lowest BCUT2D eigenvalue weighted by Crippen LogP contribution is -2.35. The molecule has 2 aromatic heterocycles. The highest BCUT2D eigenvalue weighted by Crippen LogP contribution is 2.43. The van der Waals surface area contributed by atoms with Crippen molar-refractivity contribution in [2.24, 2.45) is 17.8 Å². The number of nitrogens with one attached hydrogen (secondary N) is 4.